The fraction of sp³-hybridized carbons (Fsp3) is 0.556. The molecule has 1 aromatic heterocycles. The molecule has 0 bridgehead atoms. The van der Waals surface area contributed by atoms with Gasteiger partial charge in [0.05, 0.1) is 12.7 Å². The van der Waals surface area contributed by atoms with Gasteiger partial charge < -0.3 is 19.7 Å². The van der Waals surface area contributed by atoms with E-state index in [1.165, 1.54) is 25.4 Å². The summed E-state index contributed by atoms with van der Waals surface area (Å²) in [5.41, 5.74) is -0.00794. The van der Waals surface area contributed by atoms with Gasteiger partial charge in [0.25, 0.3) is 5.91 Å². The molecule has 26 heavy (non-hydrogen) atoms. The SMILES string of the molecule is COC(=O)c1ccc(C(=O)NC2CCN(C(=O)OC(C)(C)C)CC2)nc1. The van der Waals surface area contributed by atoms with Crippen LogP contribution in [-0.2, 0) is 9.47 Å². The quantitative estimate of drug-likeness (QED) is 0.825. The van der Waals surface area contributed by atoms with E-state index in [1.807, 2.05) is 20.8 Å². The van der Waals surface area contributed by atoms with E-state index in [4.69, 9.17) is 4.74 Å². The zero-order valence-corrected chi connectivity index (χ0v) is 15.6. The van der Waals surface area contributed by atoms with E-state index in [1.54, 1.807) is 4.90 Å². The van der Waals surface area contributed by atoms with Gasteiger partial charge in [0.1, 0.15) is 11.3 Å². The summed E-state index contributed by atoms with van der Waals surface area (Å²) < 4.78 is 9.95. The first-order valence-electron chi connectivity index (χ1n) is 8.53. The van der Waals surface area contributed by atoms with Crippen molar-refractivity contribution < 1.29 is 23.9 Å². The highest BCUT2D eigenvalue weighted by molar-refractivity contribution is 5.94. The Bertz CT molecular complexity index is 658. The highest BCUT2D eigenvalue weighted by Crippen LogP contribution is 2.16. The molecule has 0 aromatic carbocycles. The number of ether oxygens (including phenoxy) is 2. The van der Waals surface area contributed by atoms with Crippen molar-refractivity contribution in [1.82, 2.24) is 15.2 Å². The normalized spacial score (nSPS) is 15.3. The molecule has 1 aliphatic rings. The molecule has 2 amide bonds. The lowest BCUT2D eigenvalue weighted by atomic mass is 10.1. The molecule has 0 atom stereocenters. The molecule has 1 N–H and O–H groups in total. The van der Waals surface area contributed by atoms with Gasteiger partial charge >= 0.3 is 12.1 Å². The standard InChI is InChI=1S/C18H25N3O5/c1-18(2,3)26-17(24)21-9-7-13(8-10-21)20-15(22)14-6-5-12(11-19-14)16(23)25-4/h5-6,11,13H,7-10H2,1-4H3,(H,20,22). The van der Waals surface area contributed by atoms with Gasteiger partial charge in [-0.2, -0.15) is 0 Å². The molecule has 0 spiro atoms. The molecular weight excluding hydrogens is 338 g/mol. The number of carbonyl (C=O) groups excluding carboxylic acids is 3. The van der Waals surface area contributed by atoms with Crippen LogP contribution >= 0.6 is 0 Å². The molecule has 0 aliphatic carbocycles. The fourth-order valence-corrected chi connectivity index (χ4v) is 2.56. The lowest BCUT2D eigenvalue weighted by Crippen LogP contribution is -2.47. The summed E-state index contributed by atoms with van der Waals surface area (Å²) in [4.78, 5) is 41.3. The smallest absolute Gasteiger partial charge is 0.410 e. The van der Waals surface area contributed by atoms with Crippen molar-refractivity contribution in [2.75, 3.05) is 20.2 Å². The summed E-state index contributed by atoms with van der Waals surface area (Å²) in [5.74, 6) is -0.809. The van der Waals surface area contributed by atoms with Crippen LogP contribution in [0.3, 0.4) is 0 Å². The predicted molar refractivity (Wildman–Crippen MR) is 93.9 cm³/mol. The third kappa shape index (κ3) is 5.44. The lowest BCUT2D eigenvalue weighted by Gasteiger charge is -2.33. The molecule has 0 radical (unpaired) electrons. The first-order valence-corrected chi connectivity index (χ1v) is 8.53. The molecule has 0 saturated carbocycles. The number of hydrogen-bond acceptors (Lipinski definition) is 6. The number of amides is 2. The Morgan fingerprint density at radius 3 is 2.35 bits per heavy atom. The number of esters is 1. The van der Waals surface area contributed by atoms with Gasteiger partial charge in [0.2, 0.25) is 0 Å². The monoisotopic (exact) mass is 363 g/mol. The van der Waals surface area contributed by atoms with Crippen LogP contribution < -0.4 is 5.32 Å². The van der Waals surface area contributed by atoms with E-state index in [9.17, 15) is 14.4 Å². The average molecular weight is 363 g/mol. The van der Waals surface area contributed by atoms with Crippen molar-refractivity contribution in [3.63, 3.8) is 0 Å². The molecule has 2 rings (SSSR count). The lowest BCUT2D eigenvalue weighted by molar-refractivity contribution is 0.0199. The Labute approximate surface area is 152 Å². The average Bonchev–Trinajstić information content (AvgIpc) is 2.60. The second-order valence-corrected chi connectivity index (χ2v) is 7.14. The van der Waals surface area contributed by atoms with Crippen molar-refractivity contribution >= 4 is 18.0 Å². The molecule has 1 aliphatic heterocycles. The number of nitrogens with one attached hydrogen (secondary N) is 1. The van der Waals surface area contributed by atoms with Gasteiger partial charge in [-0.05, 0) is 45.7 Å². The van der Waals surface area contributed by atoms with E-state index in [0.717, 1.165) is 0 Å². The molecule has 1 aromatic rings. The van der Waals surface area contributed by atoms with Crippen molar-refractivity contribution in [2.24, 2.45) is 0 Å². The topological polar surface area (TPSA) is 97.8 Å². The van der Waals surface area contributed by atoms with Crippen molar-refractivity contribution in [3.05, 3.63) is 29.6 Å². The van der Waals surface area contributed by atoms with Crippen LogP contribution in [0.25, 0.3) is 0 Å². The van der Waals surface area contributed by atoms with Crippen molar-refractivity contribution in [1.29, 1.82) is 0 Å². The molecule has 1 fully saturated rings. The van der Waals surface area contributed by atoms with E-state index >= 15 is 0 Å². The minimum absolute atomic E-state index is 0.0386. The summed E-state index contributed by atoms with van der Waals surface area (Å²) in [6.07, 6.45) is 2.27. The molecule has 1 saturated heterocycles. The van der Waals surface area contributed by atoms with Crippen LogP contribution in [0, 0.1) is 0 Å². The maximum atomic E-state index is 12.3. The van der Waals surface area contributed by atoms with E-state index < -0.39 is 11.6 Å². The number of piperidine rings is 1. The zero-order chi connectivity index (χ0) is 19.3. The third-order valence-corrected chi connectivity index (χ3v) is 3.90. The molecular formula is C18H25N3O5. The summed E-state index contributed by atoms with van der Waals surface area (Å²) in [6, 6.07) is 2.94. The van der Waals surface area contributed by atoms with Crippen LogP contribution in [-0.4, -0.2) is 59.7 Å². The van der Waals surface area contributed by atoms with Crippen LogP contribution in [0.1, 0.15) is 54.5 Å². The molecule has 8 nitrogen and oxygen atoms in total. The number of nitrogens with zero attached hydrogens (tertiary/aromatic N) is 2. The Morgan fingerprint density at radius 2 is 1.85 bits per heavy atom. The number of rotatable bonds is 3. The van der Waals surface area contributed by atoms with Gasteiger partial charge in [-0.1, -0.05) is 0 Å². The van der Waals surface area contributed by atoms with E-state index in [2.05, 4.69) is 15.0 Å². The van der Waals surface area contributed by atoms with Gasteiger partial charge in [-0.3, -0.25) is 9.78 Å². The second-order valence-electron chi connectivity index (χ2n) is 7.14. The summed E-state index contributed by atoms with van der Waals surface area (Å²) >= 11 is 0. The summed E-state index contributed by atoms with van der Waals surface area (Å²) in [7, 11) is 1.28. The van der Waals surface area contributed by atoms with Crippen LogP contribution in [0.15, 0.2) is 18.3 Å². The minimum Gasteiger partial charge on any atom is -0.465 e. The van der Waals surface area contributed by atoms with Gasteiger partial charge in [-0.25, -0.2) is 9.59 Å². The largest absolute Gasteiger partial charge is 0.465 e. The number of methoxy groups -OCH3 is 1. The first kappa shape index (κ1) is 19.7. The van der Waals surface area contributed by atoms with Gasteiger partial charge in [0, 0.05) is 25.3 Å². The Morgan fingerprint density at radius 1 is 1.19 bits per heavy atom. The summed E-state index contributed by atoms with van der Waals surface area (Å²) in [6.45, 7) is 6.53. The fourth-order valence-electron chi connectivity index (χ4n) is 2.56. The van der Waals surface area contributed by atoms with Crippen LogP contribution in [0.5, 0.6) is 0 Å². The molecule has 0 unspecified atom stereocenters. The Hall–Kier alpha value is -2.64. The van der Waals surface area contributed by atoms with Crippen LogP contribution in [0.2, 0.25) is 0 Å². The molecule has 142 valence electrons. The summed E-state index contributed by atoms with van der Waals surface area (Å²) in [5, 5.41) is 2.91. The maximum absolute atomic E-state index is 12.3. The van der Waals surface area contributed by atoms with E-state index in [-0.39, 0.29) is 29.3 Å². The highest BCUT2D eigenvalue weighted by atomic mass is 16.6. The Kier molecular flexibility index (Phi) is 6.18. The first-order chi connectivity index (χ1) is 12.2. The third-order valence-electron chi connectivity index (χ3n) is 3.90. The van der Waals surface area contributed by atoms with Gasteiger partial charge in [-0.15, -0.1) is 0 Å². The highest BCUT2D eigenvalue weighted by Gasteiger charge is 2.27. The van der Waals surface area contributed by atoms with E-state index in [0.29, 0.717) is 25.9 Å². The number of pyridine rings is 1. The number of carbonyl (C=O) groups is 3. The zero-order valence-electron chi connectivity index (χ0n) is 15.6. The van der Waals surface area contributed by atoms with Crippen LogP contribution in [0.4, 0.5) is 4.79 Å². The Balaban J connectivity index is 1.84. The molecule has 2 heterocycles. The van der Waals surface area contributed by atoms with Gasteiger partial charge in [0.15, 0.2) is 0 Å². The number of likely N-dealkylation sites (tertiary alicyclic amines) is 1. The number of hydrogen-bond donors (Lipinski definition) is 1. The molecule has 8 heteroatoms. The number of aromatic nitrogens is 1. The van der Waals surface area contributed by atoms with Crippen molar-refractivity contribution in [2.45, 2.75) is 45.3 Å². The minimum atomic E-state index is -0.524. The maximum Gasteiger partial charge on any atom is 0.410 e. The second kappa shape index (κ2) is 8.16. The van der Waals surface area contributed by atoms with Crippen molar-refractivity contribution in [3.8, 4) is 0 Å². The predicted octanol–water partition coefficient (Wildman–Crippen LogP) is 2.00.